The number of hydrogen-bond acceptors (Lipinski definition) is 2. The first-order chi connectivity index (χ1) is 12.2. The van der Waals surface area contributed by atoms with Gasteiger partial charge < -0.3 is 19.9 Å². The van der Waals surface area contributed by atoms with Crippen LogP contribution >= 0.6 is 12.2 Å². The van der Waals surface area contributed by atoms with Gasteiger partial charge in [-0.05, 0) is 42.5 Å². The van der Waals surface area contributed by atoms with Crippen molar-refractivity contribution in [2.24, 2.45) is 0 Å². The Morgan fingerprint density at radius 1 is 1.16 bits per heavy atom. The minimum absolute atomic E-state index is 0.117. The molecule has 1 saturated heterocycles. The maximum Gasteiger partial charge on any atom is 0.173 e. The molecule has 0 radical (unpaired) electrons. The third kappa shape index (κ3) is 4.67. The lowest BCUT2D eigenvalue weighted by atomic mass is 10.2. The highest BCUT2D eigenvalue weighted by atomic mass is 32.1. The van der Waals surface area contributed by atoms with E-state index in [0.717, 1.165) is 54.8 Å². The summed E-state index contributed by atoms with van der Waals surface area (Å²) in [6.45, 7) is 4.34. The van der Waals surface area contributed by atoms with Crippen LogP contribution in [0.1, 0.15) is 5.56 Å². The summed E-state index contributed by atoms with van der Waals surface area (Å²) < 4.78 is 18.9. The van der Waals surface area contributed by atoms with Crippen LogP contribution in [0.4, 0.5) is 10.1 Å². The van der Waals surface area contributed by atoms with Crippen molar-refractivity contribution in [1.29, 1.82) is 0 Å². The average molecular weight is 360 g/mol. The zero-order valence-electron chi connectivity index (χ0n) is 14.3. The van der Waals surface area contributed by atoms with Crippen LogP contribution in [0.5, 0.6) is 5.75 Å². The maximum atomic E-state index is 13.8. The molecule has 1 fully saturated rings. The smallest absolute Gasteiger partial charge is 0.173 e. The van der Waals surface area contributed by atoms with E-state index in [1.54, 1.807) is 13.2 Å². The molecule has 1 aliphatic heterocycles. The molecule has 2 aromatic rings. The van der Waals surface area contributed by atoms with E-state index >= 15 is 0 Å². The molecule has 0 bridgehead atoms. The van der Waals surface area contributed by atoms with Crippen molar-refractivity contribution < 1.29 is 14.0 Å². The summed E-state index contributed by atoms with van der Waals surface area (Å²) in [6, 6.07) is 14.7. The lowest BCUT2D eigenvalue weighted by Gasteiger charge is -2.34. The van der Waals surface area contributed by atoms with Gasteiger partial charge in [0.05, 0.1) is 33.3 Å². The monoisotopic (exact) mass is 360 g/mol. The predicted octanol–water partition coefficient (Wildman–Crippen LogP) is 1.93. The highest BCUT2D eigenvalue weighted by molar-refractivity contribution is 7.80. The topological polar surface area (TPSA) is 28.9 Å². The van der Waals surface area contributed by atoms with Gasteiger partial charge in [0.2, 0.25) is 0 Å². The summed E-state index contributed by atoms with van der Waals surface area (Å²) in [5.41, 5.74) is 1.73. The molecule has 2 N–H and O–H groups in total. The van der Waals surface area contributed by atoms with Gasteiger partial charge in [-0.2, -0.15) is 0 Å². The van der Waals surface area contributed by atoms with Gasteiger partial charge in [-0.1, -0.05) is 18.2 Å². The standard InChI is InChI=1S/C19H22FN3OS/c1-24-17-8-6-16(7-9-17)21-19(25)23-12-10-22(11-13-23)14-15-4-2-3-5-18(15)20/h2-9H,10-14H2,1H3,(H,21,25)/p+1. The summed E-state index contributed by atoms with van der Waals surface area (Å²) in [7, 11) is 1.65. The van der Waals surface area contributed by atoms with E-state index in [-0.39, 0.29) is 5.82 Å². The number of nitrogens with zero attached hydrogens (tertiary/aromatic N) is 1. The molecule has 0 unspecified atom stereocenters. The molecule has 0 aliphatic carbocycles. The molecule has 0 atom stereocenters. The fraction of sp³-hybridized carbons (Fsp3) is 0.316. The van der Waals surface area contributed by atoms with E-state index in [9.17, 15) is 4.39 Å². The molecule has 132 valence electrons. The molecule has 1 aliphatic rings. The zero-order valence-corrected chi connectivity index (χ0v) is 15.1. The fourth-order valence-electron chi connectivity index (χ4n) is 2.99. The van der Waals surface area contributed by atoms with Gasteiger partial charge in [-0.25, -0.2) is 4.39 Å². The van der Waals surface area contributed by atoms with Crippen molar-refractivity contribution in [3.63, 3.8) is 0 Å². The van der Waals surface area contributed by atoms with Crippen molar-refractivity contribution in [3.05, 3.63) is 59.9 Å². The van der Waals surface area contributed by atoms with Gasteiger partial charge in [0, 0.05) is 11.3 Å². The Labute approximate surface area is 153 Å². The largest absolute Gasteiger partial charge is 0.497 e. The Balaban J connectivity index is 1.49. The maximum absolute atomic E-state index is 13.8. The molecule has 0 saturated carbocycles. The number of hydrogen-bond donors (Lipinski definition) is 2. The molecule has 2 aromatic carbocycles. The Morgan fingerprint density at radius 2 is 1.84 bits per heavy atom. The van der Waals surface area contributed by atoms with Crippen LogP contribution in [-0.2, 0) is 6.54 Å². The molecule has 6 heteroatoms. The van der Waals surface area contributed by atoms with Crippen molar-refractivity contribution in [1.82, 2.24) is 4.90 Å². The first kappa shape index (κ1) is 17.6. The second-order valence-electron chi connectivity index (χ2n) is 6.16. The third-order valence-corrected chi connectivity index (χ3v) is 4.86. The van der Waals surface area contributed by atoms with E-state index in [0.29, 0.717) is 0 Å². The molecule has 25 heavy (non-hydrogen) atoms. The third-order valence-electron chi connectivity index (χ3n) is 4.50. The minimum atomic E-state index is -0.117. The summed E-state index contributed by atoms with van der Waals surface area (Å²) in [4.78, 5) is 3.55. The summed E-state index contributed by atoms with van der Waals surface area (Å²) in [5.74, 6) is 0.705. The summed E-state index contributed by atoms with van der Waals surface area (Å²) in [5, 5.41) is 4.00. The Hall–Kier alpha value is -2.18. The number of benzene rings is 2. The van der Waals surface area contributed by atoms with E-state index in [4.69, 9.17) is 17.0 Å². The normalized spacial score (nSPS) is 15.0. The second-order valence-corrected chi connectivity index (χ2v) is 6.55. The number of nitrogens with one attached hydrogen (secondary N) is 2. The average Bonchev–Trinajstić information content (AvgIpc) is 2.65. The lowest BCUT2D eigenvalue weighted by Crippen LogP contribution is -3.13. The van der Waals surface area contributed by atoms with Crippen molar-refractivity contribution in [3.8, 4) is 5.75 Å². The SMILES string of the molecule is COc1ccc(NC(=S)N2CC[NH+](Cc3ccccc3F)CC2)cc1. The van der Waals surface area contributed by atoms with Crippen LogP contribution in [0.3, 0.4) is 0 Å². The van der Waals surface area contributed by atoms with Crippen molar-refractivity contribution in [2.45, 2.75) is 6.54 Å². The number of quaternary nitrogens is 1. The first-order valence-corrected chi connectivity index (χ1v) is 8.83. The molecule has 4 nitrogen and oxygen atoms in total. The highest BCUT2D eigenvalue weighted by Gasteiger charge is 2.22. The van der Waals surface area contributed by atoms with Gasteiger partial charge in [-0.15, -0.1) is 0 Å². The zero-order chi connectivity index (χ0) is 17.6. The van der Waals surface area contributed by atoms with Gasteiger partial charge in [0.1, 0.15) is 18.1 Å². The molecule has 0 aromatic heterocycles. The number of thiocarbonyl (C=S) groups is 1. The molecule has 3 rings (SSSR count). The lowest BCUT2D eigenvalue weighted by molar-refractivity contribution is -0.917. The number of ether oxygens (including phenoxy) is 1. The van der Waals surface area contributed by atoms with Crippen molar-refractivity contribution in [2.75, 3.05) is 38.6 Å². The number of piperazine rings is 1. The number of anilines is 1. The number of rotatable bonds is 4. The van der Waals surface area contributed by atoms with E-state index < -0.39 is 0 Å². The summed E-state index contributed by atoms with van der Waals surface area (Å²) >= 11 is 5.52. The molecule has 0 amide bonds. The second kappa shape index (κ2) is 8.27. The van der Waals surface area contributed by atoms with Crippen LogP contribution in [0.25, 0.3) is 0 Å². The van der Waals surface area contributed by atoms with Gasteiger partial charge in [0.25, 0.3) is 0 Å². The number of methoxy groups -OCH3 is 1. The summed E-state index contributed by atoms with van der Waals surface area (Å²) in [6.07, 6.45) is 0. The van der Waals surface area contributed by atoms with Crippen molar-refractivity contribution >= 4 is 23.0 Å². The van der Waals surface area contributed by atoms with Gasteiger partial charge in [-0.3, -0.25) is 0 Å². The first-order valence-electron chi connectivity index (χ1n) is 8.42. The van der Waals surface area contributed by atoms with E-state index in [1.165, 1.54) is 11.0 Å². The van der Waals surface area contributed by atoms with Crippen LogP contribution in [0.15, 0.2) is 48.5 Å². The number of halogens is 1. The Morgan fingerprint density at radius 3 is 2.48 bits per heavy atom. The molecular weight excluding hydrogens is 337 g/mol. The van der Waals surface area contributed by atoms with Gasteiger partial charge in [0.15, 0.2) is 5.11 Å². The predicted molar refractivity (Wildman–Crippen MR) is 102 cm³/mol. The van der Waals surface area contributed by atoms with Crippen LogP contribution in [-0.4, -0.2) is 43.3 Å². The molecular formula is C19H23FN3OS+. The molecule has 0 spiro atoms. The molecule has 1 heterocycles. The minimum Gasteiger partial charge on any atom is -0.497 e. The Bertz CT molecular complexity index is 715. The van der Waals surface area contributed by atoms with Crippen LogP contribution < -0.4 is 15.0 Å². The van der Waals surface area contributed by atoms with E-state index in [1.807, 2.05) is 36.4 Å². The Kier molecular flexibility index (Phi) is 5.83. The fourth-order valence-corrected chi connectivity index (χ4v) is 3.29. The van der Waals surface area contributed by atoms with Gasteiger partial charge >= 0.3 is 0 Å². The van der Waals surface area contributed by atoms with Crippen LogP contribution in [0, 0.1) is 5.82 Å². The van der Waals surface area contributed by atoms with Crippen LogP contribution in [0.2, 0.25) is 0 Å². The van der Waals surface area contributed by atoms with E-state index in [2.05, 4.69) is 10.2 Å². The quantitative estimate of drug-likeness (QED) is 0.816. The highest BCUT2D eigenvalue weighted by Crippen LogP contribution is 2.15.